The molecule has 0 aliphatic carbocycles. The molecule has 0 fully saturated rings. The Balaban J connectivity index is 2.99. The Morgan fingerprint density at radius 1 is 0.409 bits per heavy atom. The van der Waals surface area contributed by atoms with Crippen LogP contribution in [0, 0.1) is 22.2 Å². The first-order valence-corrected chi connectivity index (χ1v) is 21.7. The Hall–Kier alpha value is -0.0125. The van der Waals surface area contributed by atoms with Crippen molar-refractivity contribution in [2.24, 2.45) is 0 Å². The molecular formula is C18H36Si4. The first-order valence-electron chi connectivity index (χ1n) is 8.91. The highest BCUT2D eigenvalue weighted by Gasteiger charge is 2.27. The third-order valence-electron chi connectivity index (χ3n) is 4.69. The molecule has 1 rings (SSSR count). The minimum atomic E-state index is -1.32. The van der Waals surface area contributed by atoms with Gasteiger partial charge in [0.1, 0.15) is 32.3 Å². The fourth-order valence-electron chi connectivity index (χ4n) is 2.87. The summed E-state index contributed by atoms with van der Waals surface area (Å²) in [6, 6.07) is 5.46. The molecule has 0 spiro atoms. The van der Waals surface area contributed by atoms with Crippen molar-refractivity contribution in [1.29, 1.82) is 0 Å². The van der Waals surface area contributed by atoms with Crippen LogP contribution in [0.15, 0.2) is 0 Å². The molecular weight excluding hydrogens is 329 g/mol. The van der Waals surface area contributed by atoms with Gasteiger partial charge in [-0.1, -0.05) is 65.2 Å². The second kappa shape index (κ2) is 7.26. The summed E-state index contributed by atoms with van der Waals surface area (Å²) in [5, 5.41) is 0. The lowest BCUT2D eigenvalue weighted by molar-refractivity contribution is 1.02. The maximum Gasteiger partial charge on any atom is 0.131 e. The van der Waals surface area contributed by atoms with Crippen molar-refractivity contribution in [2.45, 2.75) is 89.4 Å². The summed E-state index contributed by atoms with van der Waals surface area (Å²) in [6.07, 6.45) is 2.71. The average Bonchev–Trinajstić information content (AvgIpc) is 2.33. The summed E-state index contributed by atoms with van der Waals surface area (Å²) in [6.45, 7) is 19.7. The molecule has 0 nitrogen and oxygen atoms in total. The summed E-state index contributed by atoms with van der Waals surface area (Å²) in [4.78, 5) is 0. The van der Waals surface area contributed by atoms with Crippen LogP contribution >= 0.6 is 0 Å². The van der Waals surface area contributed by atoms with E-state index in [9.17, 15) is 0 Å². The zero-order valence-corrected chi connectivity index (χ0v) is 20.2. The Labute approximate surface area is 143 Å². The summed E-state index contributed by atoms with van der Waals surface area (Å²) >= 11 is 0. The van der Waals surface area contributed by atoms with Crippen molar-refractivity contribution in [2.75, 3.05) is 0 Å². The van der Waals surface area contributed by atoms with Crippen LogP contribution in [0.25, 0.3) is 0 Å². The van der Waals surface area contributed by atoms with Crippen molar-refractivity contribution in [3.05, 3.63) is 0 Å². The highest BCUT2D eigenvalue weighted by atomic mass is 28.3. The average molecular weight is 365 g/mol. The standard InChI is InChI=1S/C18H36Si4/c1-19(2)11-9-12-21(5,6)17-18-22(7,8)14-10-13-20(3,4)16-15-19/h9-14H2,1-8H3. The molecule has 0 bridgehead atoms. The van der Waals surface area contributed by atoms with Gasteiger partial charge in [0.2, 0.25) is 0 Å². The van der Waals surface area contributed by atoms with Gasteiger partial charge in [0.05, 0.1) is 0 Å². The van der Waals surface area contributed by atoms with Crippen molar-refractivity contribution in [3.8, 4) is 22.2 Å². The second-order valence-electron chi connectivity index (χ2n) is 9.74. The molecule has 1 aliphatic rings. The molecule has 0 aromatic rings. The minimum Gasteiger partial charge on any atom is -0.139 e. The zero-order valence-electron chi connectivity index (χ0n) is 16.2. The van der Waals surface area contributed by atoms with Crippen molar-refractivity contribution in [3.63, 3.8) is 0 Å². The Morgan fingerprint density at radius 3 is 0.773 bits per heavy atom. The fraction of sp³-hybridized carbons (Fsp3) is 0.778. The van der Waals surface area contributed by atoms with E-state index in [1.54, 1.807) is 0 Å². The van der Waals surface area contributed by atoms with E-state index in [0.717, 1.165) is 0 Å². The van der Waals surface area contributed by atoms with E-state index < -0.39 is 32.3 Å². The summed E-state index contributed by atoms with van der Waals surface area (Å²) in [5.74, 6) is 0. The van der Waals surface area contributed by atoms with Gasteiger partial charge in [-0.3, -0.25) is 0 Å². The van der Waals surface area contributed by atoms with Crippen LogP contribution < -0.4 is 0 Å². The molecule has 0 unspecified atom stereocenters. The molecule has 0 saturated heterocycles. The van der Waals surface area contributed by atoms with Crippen LogP contribution in [-0.2, 0) is 0 Å². The Morgan fingerprint density at radius 2 is 0.591 bits per heavy atom. The van der Waals surface area contributed by atoms with Gasteiger partial charge in [-0.25, -0.2) is 0 Å². The largest absolute Gasteiger partial charge is 0.139 e. The molecule has 22 heavy (non-hydrogen) atoms. The predicted molar refractivity (Wildman–Crippen MR) is 114 cm³/mol. The van der Waals surface area contributed by atoms with Gasteiger partial charge in [0.15, 0.2) is 0 Å². The van der Waals surface area contributed by atoms with Crippen LogP contribution in [0.3, 0.4) is 0 Å². The lowest BCUT2D eigenvalue weighted by Crippen LogP contribution is -2.32. The van der Waals surface area contributed by atoms with Crippen LogP contribution in [0.1, 0.15) is 12.8 Å². The molecule has 0 N–H and O–H groups in total. The molecule has 0 atom stereocenters. The first-order chi connectivity index (χ1) is 9.83. The van der Waals surface area contributed by atoms with Gasteiger partial charge in [0, 0.05) is 0 Å². The molecule has 0 radical (unpaired) electrons. The number of hydrogen-bond acceptors (Lipinski definition) is 0. The highest BCUT2D eigenvalue weighted by Crippen LogP contribution is 2.23. The van der Waals surface area contributed by atoms with Gasteiger partial charge in [-0.05, 0) is 24.2 Å². The van der Waals surface area contributed by atoms with E-state index in [2.05, 4.69) is 74.6 Å². The maximum absolute atomic E-state index is 3.79. The van der Waals surface area contributed by atoms with E-state index in [-0.39, 0.29) is 0 Å². The SMILES string of the molecule is C[Si]1(C)C#C[Si](C)(C)CCC[Si](C)(C)C#C[Si](C)(C)CCC1. The van der Waals surface area contributed by atoms with E-state index in [1.165, 1.54) is 37.0 Å². The Bertz CT molecular complexity index is 419. The second-order valence-corrected chi connectivity index (χ2v) is 27.8. The lowest BCUT2D eigenvalue weighted by atomic mass is 10.6. The van der Waals surface area contributed by atoms with Gasteiger partial charge in [0.25, 0.3) is 0 Å². The molecule has 1 heterocycles. The molecule has 0 amide bonds. The van der Waals surface area contributed by atoms with Crippen molar-refractivity contribution < 1.29 is 0 Å². The van der Waals surface area contributed by atoms with E-state index in [4.69, 9.17) is 0 Å². The zero-order chi connectivity index (χ0) is 17.1. The van der Waals surface area contributed by atoms with Crippen LogP contribution in [0.2, 0.25) is 76.6 Å². The smallest absolute Gasteiger partial charge is 0.131 e. The van der Waals surface area contributed by atoms with Gasteiger partial charge >= 0.3 is 0 Å². The van der Waals surface area contributed by atoms with Crippen molar-refractivity contribution in [1.82, 2.24) is 0 Å². The molecule has 0 aromatic carbocycles. The maximum atomic E-state index is 3.79. The topological polar surface area (TPSA) is 0 Å². The Kier molecular flexibility index (Phi) is 6.61. The quantitative estimate of drug-likeness (QED) is 0.377. The van der Waals surface area contributed by atoms with Crippen molar-refractivity contribution >= 4 is 32.3 Å². The molecule has 124 valence electrons. The highest BCUT2D eigenvalue weighted by molar-refractivity contribution is 6.92. The van der Waals surface area contributed by atoms with Gasteiger partial charge in [-0.2, -0.15) is 0 Å². The van der Waals surface area contributed by atoms with E-state index in [0.29, 0.717) is 0 Å². The molecule has 1 aliphatic heterocycles. The predicted octanol–water partition coefficient (Wildman–Crippen LogP) is 5.78. The van der Waals surface area contributed by atoms with E-state index in [1.807, 2.05) is 0 Å². The van der Waals surface area contributed by atoms with Gasteiger partial charge in [-0.15, -0.1) is 22.2 Å². The molecule has 4 heteroatoms. The molecule has 0 saturated carbocycles. The third kappa shape index (κ3) is 8.01. The summed E-state index contributed by atoms with van der Waals surface area (Å²) in [5.41, 5.74) is 15.2. The third-order valence-corrected chi connectivity index (χ3v) is 14.8. The number of rotatable bonds is 0. The van der Waals surface area contributed by atoms with Crippen LogP contribution in [0.5, 0.6) is 0 Å². The van der Waals surface area contributed by atoms with E-state index >= 15 is 0 Å². The van der Waals surface area contributed by atoms with Crippen LogP contribution in [0.4, 0.5) is 0 Å². The summed E-state index contributed by atoms with van der Waals surface area (Å²) in [7, 11) is -5.28. The minimum absolute atomic E-state index is 1.32. The monoisotopic (exact) mass is 364 g/mol. The van der Waals surface area contributed by atoms with Crippen LogP contribution in [-0.4, -0.2) is 32.3 Å². The molecule has 0 aromatic heterocycles. The lowest BCUT2D eigenvalue weighted by Gasteiger charge is -2.23. The van der Waals surface area contributed by atoms with Gasteiger partial charge < -0.3 is 0 Å². The normalized spacial score (nSPS) is 26.5. The summed E-state index contributed by atoms with van der Waals surface area (Å²) < 4.78 is 0. The number of hydrogen-bond donors (Lipinski definition) is 0. The first kappa shape index (κ1) is 20.0. The fourth-order valence-corrected chi connectivity index (χ4v) is 13.7.